The van der Waals surface area contributed by atoms with E-state index >= 15 is 0 Å². The smallest absolute Gasteiger partial charge is 0.411 e. The first-order valence-corrected chi connectivity index (χ1v) is 22.6. The average molecular weight is 920 g/mol. The van der Waals surface area contributed by atoms with Gasteiger partial charge in [-0.05, 0) is 44.0 Å². The number of ether oxygens (including phenoxy) is 2. The Labute approximate surface area is 371 Å². The molecule has 0 radical (unpaired) electrons. The van der Waals surface area contributed by atoms with Gasteiger partial charge in [0.2, 0.25) is 23.4 Å². The number of fused-ring (bicyclic) bond motifs is 5. The number of anilines is 2. The summed E-state index contributed by atoms with van der Waals surface area (Å²) in [4.78, 5) is 118. The molecule has 0 bridgehead atoms. The molecule has 2 aromatic heterocycles. The third-order valence-corrected chi connectivity index (χ3v) is 13.7. The number of piperazine rings is 1. The lowest BCUT2D eigenvalue weighted by atomic mass is 9.80. The van der Waals surface area contributed by atoms with Gasteiger partial charge in [-0.1, -0.05) is 21.6 Å². The largest absolute Gasteiger partial charge is 0.480 e. The molecule has 2 saturated heterocycles. The number of hydrogen-bond acceptors (Lipinski definition) is 19. The summed E-state index contributed by atoms with van der Waals surface area (Å²) in [6.45, 7) is 2.04. The average Bonchev–Trinajstić information content (AvgIpc) is 3.88. The Morgan fingerprint density at radius 3 is 2.53 bits per heavy atom. The Kier molecular flexibility index (Phi) is 13.7. The SMILES string of the molecule is CO[C@@]12[C@H](CC(N)=O)C3=C(C(=O)C(C)=C(NC(=O)OCCSSCCCC(=O)CC[C@H](NC(=O)c4ccc(NCc5cnc6nc(N)[nH]c(=O)c6n5)cc4)C(=O)O)C3=O)N1CC1N[C@@H]12. The van der Waals surface area contributed by atoms with Crippen LogP contribution in [0.1, 0.15) is 55.1 Å². The number of Topliss-reactive ketones (excluding diaryl/α,β-unsaturated/α-hetero) is 3. The van der Waals surface area contributed by atoms with E-state index in [2.05, 4.69) is 41.2 Å². The molecule has 0 saturated carbocycles. The van der Waals surface area contributed by atoms with Crippen LogP contribution in [0.4, 0.5) is 16.4 Å². The van der Waals surface area contributed by atoms with E-state index in [0.29, 0.717) is 35.9 Å². The van der Waals surface area contributed by atoms with Crippen LogP contribution in [0.3, 0.4) is 0 Å². The van der Waals surface area contributed by atoms with E-state index in [9.17, 15) is 43.5 Å². The maximum Gasteiger partial charge on any atom is 0.411 e. The third-order valence-electron chi connectivity index (χ3n) is 11.3. The number of aromatic nitrogens is 4. The molecule has 5 atom stereocenters. The monoisotopic (exact) mass is 919 g/mol. The number of nitrogen functional groups attached to an aromatic ring is 1. The van der Waals surface area contributed by atoms with E-state index in [0.717, 1.165) is 0 Å². The fourth-order valence-corrected chi connectivity index (χ4v) is 10.1. The number of ketones is 3. The molecule has 2 fully saturated rings. The zero-order valence-corrected chi connectivity index (χ0v) is 36.2. The fourth-order valence-electron chi connectivity index (χ4n) is 8.19. The zero-order valence-electron chi connectivity index (χ0n) is 34.6. The lowest BCUT2D eigenvalue weighted by Gasteiger charge is -2.39. The number of nitrogens with two attached hydrogens (primary N) is 2. The number of methoxy groups -OCH3 is 1. The molecule has 1 aromatic carbocycles. The number of carboxylic acid groups (broad SMARTS) is 1. The number of carbonyl (C=O) groups is 7. The molecular weight excluding hydrogens is 875 g/mol. The molecule has 0 spiro atoms. The van der Waals surface area contributed by atoms with Gasteiger partial charge in [-0.25, -0.2) is 19.6 Å². The molecule has 10 N–H and O–H groups in total. The number of allylic oxidation sites excluding steroid dienone is 2. The van der Waals surface area contributed by atoms with Crippen LogP contribution in [0.5, 0.6) is 0 Å². The lowest BCUT2D eigenvalue weighted by molar-refractivity contribution is -0.140. The number of benzene rings is 1. The van der Waals surface area contributed by atoms with Crippen LogP contribution in [0, 0.1) is 5.92 Å². The Bertz CT molecular complexity index is 2550. The number of carboxylic acids is 1. The summed E-state index contributed by atoms with van der Waals surface area (Å²) in [7, 11) is 4.31. The molecule has 3 aliphatic heterocycles. The highest BCUT2D eigenvalue weighted by Gasteiger charge is 2.72. The van der Waals surface area contributed by atoms with Crippen molar-refractivity contribution in [1.29, 1.82) is 0 Å². The van der Waals surface area contributed by atoms with Crippen molar-refractivity contribution in [2.45, 2.75) is 69.4 Å². The van der Waals surface area contributed by atoms with Gasteiger partial charge in [0.05, 0.1) is 35.9 Å². The molecule has 1 aliphatic carbocycles. The predicted molar refractivity (Wildman–Crippen MR) is 232 cm³/mol. The van der Waals surface area contributed by atoms with Crippen LogP contribution in [0.25, 0.3) is 11.2 Å². The van der Waals surface area contributed by atoms with Gasteiger partial charge in [0.25, 0.3) is 11.5 Å². The number of amides is 3. The summed E-state index contributed by atoms with van der Waals surface area (Å²) >= 11 is 0. The number of aromatic amines is 1. The second-order valence-corrected chi connectivity index (χ2v) is 18.0. The highest BCUT2D eigenvalue weighted by Crippen LogP contribution is 2.56. The number of carbonyl (C=O) groups excluding carboxylic acids is 6. The summed E-state index contributed by atoms with van der Waals surface area (Å²) in [5, 5.41) is 21.0. The van der Waals surface area contributed by atoms with Crippen LogP contribution < -0.4 is 38.3 Å². The second-order valence-electron chi connectivity index (χ2n) is 15.3. The molecule has 22 nitrogen and oxygen atoms in total. The van der Waals surface area contributed by atoms with Crippen molar-refractivity contribution in [2.24, 2.45) is 11.7 Å². The summed E-state index contributed by atoms with van der Waals surface area (Å²) in [5.41, 5.74) is 11.0. The molecule has 64 heavy (non-hydrogen) atoms. The van der Waals surface area contributed by atoms with Gasteiger partial charge in [0.15, 0.2) is 16.9 Å². The van der Waals surface area contributed by atoms with Crippen LogP contribution in [-0.4, -0.2) is 127 Å². The van der Waals surface area contributed by atoms with Crippen LogP contribution in [0.15, 0.2) is 57.8 Å². The summed E-state index contributed by atoms with van der Waals surface area (Å²) in [6, 6.07) is 4.82. The van der Waals surface area contributed by atoms with Gasteiger partial charge in [-0.15, -0.1) is 0 Å². The molecule has 5 heterocycles. The Balaban J connectivity index is 0.775. The first-order chi connectivity index (χ1) is 30.6. The predicted octanol–water partition coefficient (Wildman–Crippen LogP) is 0.511. The Morgan fingerprint density at radius 1 is 1.06 bits per heavy atom. The number of primary amides is 1. The maximum atomic E-state index is 13.8. The molecule has 3 amide bonds. The molecule has 7 rings (SSSR count). The fraction of sp³-hybridized carbons (Fsp3) is 0.425. The molecule has 4 aliphatic rings. The standard InChI is InChI=1S/C40H45N11O11S2/c1-18-28(32(55)27-23(14-26(41)53)40(61-2)33-25(46-33)17-51(40)30(27)31(18)54)48-39(60)62-11-13-64-63-12-3-4-22(52)9-10-24(37(58)59)47-35(56)19-5-7-20(8-6-19)43-15-21-16-44-34-29(45-21)36(57)50-38(42)49-34/h5-8,16,23-25,33,43,46H,3-4,9-15,17H2,1-2H3,(H2,41,53)(H,47,56)(H,48,60)(H,58,59)(H3,42,44,49,50,57)/t23-,24+,25?,33+,40-/m1/s1. The number of alkyl carbamates (subject to hydrolysis) is 1. The minimum atomic E-state index is -1.28. The number of rotatable bonds is 21. The first kappa shape index (κ1) is 45.6. The van der Waals surface area contributed by atoms with Crippen molar-refractivity contribution in [2.75, 3.05) is 42.8 Å². The number of nitrogens with one attached hydrogen (secondary N) is 5. The minimum absolute atomic E-state index is 0.0192. The Morgan fingerprint density at radius 2 is 1.81 bits per heavy atom. The number of aliphatic carboxylic acids is 1. The first-order valence-electron chi connectivity index (χ1n) is 20.1. The quantitative estimate of drug-likeness (QED) is 0.0312. The summed E-state index contributed by atoms with van der Waals surface area (Å²) in [5.74, 6) is -3.70. The second kappa shape index (κ2) is 19.2. The van der Waals surface area contributed by atoms with E-state index in [-0.39, 0.29) is 102 Å². The van der Waals surface area contributed by atoms with Gasteiger partial charge in [0, 0.05) is 78.8 Å². The number of nitrogens with zero attached hydrogens (tertiary/aromatic N) is 4. The Hall–Kier alpha value is -6.37. The lowest BCUT2D eigenvalue weighted by Crippen LogP contribution is -2.54. The molecule has 1 unspecified atom stereocenters. The third kappa shape index (κ3) is 9.44. The van der Waals surface area contributed by atoms with Crippen molar-refractivity contribution >= 4 is 85.6 Å². The molecule has 338 valence electrons. The van der Waals surface area contributed by atoms with Crippen molar-refractivity contribution in [3.63, 3.8) is 0 Å². The van der Waals surface area contributed by atoms with E-state index in [1.807, 2.05) is 0 Å². The van der Waals surface area contributed by atoms with Gasteiger partial charge in [0.1, 0.15) is 18.4 Å². The molecular formula is C40H45N11O11S2. The van der Waals surface area contributed by atoms with Gasteiger partial charge >= 0.3 is 12.1 Å². The number of H-pyrrole nitrogens is 1. The summed E-state index contributed by atoms with van der Waals surface area (Å²) < 4.78 is 11.2. The van der Waals surface area contributed by atoms with Crippen molar-refractivity contribution in [3.05, 3.63) is 74.6 Å². The van der Waals surface area contributed by atoms with E-state index < -0.39 is 58.7 Å². The van der Waals surface area contributed by atoms with Crippen LogP contribution >= 0.6 is 21.6 Å². The number of hydrogen-bond donors (Lipinski definition) is 8. The normalized spacial score (nSPS) is 21.3. The van der Waals surface area contributed by atoms with E-state index in [4.69, 9.17) is 20.9 Å². The van der Waals surface area contributed by atoms with Crippen LogP contribution in [0.2, 0.25) is 0 Å². The highest BCUT2D eigenvalue weighted by molar-refractivity contribution is 8.76. The maximum absolute atomic E-state index is 13.8. The molecule has 24 heteroatoms. The molecule has 3 aromatic rings. The minimum Gasteiger partial charge on any atom is -0.480 e. The van der Waals surface area contributed by atoms with Gasteiger partial charge in [-0.2, -0.15) is 4.98 Å². The van der Waals surface area contributed by atoms with Crippen LogP contribution in [-0.2, 0) is 40.0 Å². The van der Waals surface area contributed by atoms with Gasteiger partial charge < -0.3 is 46.9 Å². The zero-order chi connectivity index (χ0) is 45.9. The van der Waals surface area contributed by atoms with Gasteiger partial charge in [-0.3, -0.25) is 39.1 Å². The summed E-state index contributed by atoms with van der Waals surface area (Å²) in [6.07, 6.45) is 0.866. The van der Waals surface area contributed by atoms with Crippen molar-refractivity contribution in [1.82, 2.24) is 40.8 Å². The van der Waals surface area contributed by atoms with Crippen molar-refractivity contribution in [3.8, 4) is 0 Å². The topological polar surface area (TPSA) is 343 Å². The van der Waals surface area contributed by atoms with E-state index in [1.165, 1.54) is 54.0 Å². The van der Waals surface area contributed by atoms with E-state index in [1.54, 1.807) is 17.0 Å². The van der Waals surface area contributed by atoms with Crippen molar-refractivity contribution < 1.29 is 48.1 Å². The highest BCUT2D eigenvalue weighted by atomic mass is 33.1.